The second kappa shape index (κ2) is 9.53. The van der Waals surface area contributed by atoms with Gasteiger partial charge in [-0.15, -0.1) is 13.2 Å². The normalized spacial score (nSPS) is 21.7. The van der Waals surface area contributed by atoms with Gasteiger partial charge in [-0.3, -0.25) is 19.1 Å². The molecule has 4 fully saturated rings. The number of ether oxygens (including phenoxy) is 3. The molecular weight excluding hydrogens is 541 g/mol. The zero-order valence-electron chi connectivity index (χ0n) is 22.2. The lowest BCUT2D eigenvalue weighted by Gasteiger charge is -2.53. The maximum absolute atomic E-state index is 13.5. The number of anilines is 1. The number of halogens is 3. The standard InChI is InChI=1S/C29H29F3N4O5/c30-29(31,32)41-24-4-2-20(12-23(24)34-26(38)28(5-6-28)35-7-9-39-10-8-35)36-17-33-22-11-18(1-3-21(22)25(36)37)19-13-27(14-19)15-40-16-27/h1-4,11-12,17,19H,5-10,13-16H2,(H,34,38). The molecule has 12 heteroatoms. The molecule has 1 amide bonds. The van der Waals surface area contributed by atoms with E-state index in [0.717, 1.165) is 37.7 Å². The van der Waals surface area contributed by atoms with Crippen LogP contribution in [-0.2, 0) is 14.3 Å². The van der Waals surface area contributed by atoms with Crippen LogP contribution in [0.3, 0.4) is 0 Å². The molecule has 0 atom stereocenters. The third kappa shape index (κ3) is 4.77. The van der Waals surface area contributed by atoms with Gasteiger partial charge in [-0.25, -0.2) is 4.98 Å². The molecule has 1 aromatic heterocycles. The molecular formula is C29H29F3N4O5. The summed E-state index contributed by atoms with van der Waals surface area (Å²) in [5.41, 5.74) is 0.917. The highest BCUT2D eigenvalue weighted by atomic mass is 19.4. The van der Waals surface area contributed by atoms with Crippen LogP contribution < -0.4 is 15.6 Å². The number of morpholine rings is 1. The summed E-state index contributed by atoms with van der Waals surface area (Å²) in [7, 11) is 0. The van der Waals surface area contributed by atoms with E-state index in [0.29, 0.717) is 61.4 Å². The number of nitrogens with one attached hydrogen (secondary N) is 1. The zero-order valence-corrected chi connectivity index (χ0v) is 22.2. The molecule has 2 aromatic carbocycles. The van der Waals surface area contributed by atoms with Crippen LogP contribution in [0.1, 0.15) is 37.2 Å². The Balaban J connectivity index is 1.18. The maximum atomic E-state index is 13.5. The molecule has 7 rings (SSSR count). The second-order valence-electron chi connectivity index (χ2n) is 11.6. The molecule has 41 heavy (non-hydrogen) atoms. The maximum Gasteiger partial charge on any atom is 0.573 e. The molecule has 0 radical (unpaired) electrons. The van der Waals surface area contributed by atoms with E-state index in [4.69, 9.17) is 9.47 Å². The molecule has 2 saturated carbocycles. The van der Waals surface area contributed by atoms with E-state index in [1.807, 2.05) is 17.0 Å². The summed E-state index contributed by atoms with van der Waals surface area (Å²) in [6.45, 7) is 3.73. The van der Waals surface area contributed by atoms with Crippen molar-refractivity contribution >= 4 is 22.5 Å². The van der Waals surface area contributed by atoms with Crippen molar-refractivity contribution in [2.75, 3.05) is 44.8 Å². The Labute approximate surface area is 233 Å². The minimum absolute atomic E-state index is 0.175. The Kier molecular flexibility index (Phi) is 6.14. The highest BCUT2D eigenvalue weighted by Gasteiger charge is 2.55. The summed E-state index contributed by atoms with van der Waals surface area (Å²) in [6.07, 6.45) is -0.295. The largest absolute Gasteiger partial charge is 0.573 e. The van der Waals surface area contributed by atoms with Crippen LogP contribution in [0.5, 0.6) is 5.75 Å². The van der Waals surface area contributed by atoms with E-state index >= 15 is 0 Å². The van der Waals surface area contributed by atoms with Gasteiger partial charge in [0.05, 0.1) is 48.7 Å². The fourth-order valence-corrected chi connectivity index (χ4v) is 6.44. The first kappa shape index (κ1) is 26.4. The average molecular weight is 571 g/mol. The average Bonchev–Trinajstić information content (AvgIpc) is 3.71. The number of rotatable bonds is 6. The minimum atomic E-state index is -4.97. The highest BCUT2D eigenvalue weighted by molar-refractivity contribution is 6.01. The molecule has 1 N–H and O–H groups in total. The van der Waals surface area contributed by atoms with Crippen molar-refractivity contribution in [3.05, 3.63) is 58.6 Å². The number of hydrogen-bond donors (Lipinski definition) is 1. The van der Waals surface area contributed by atoms with Crippen molar-refractivity contribution in [2.24, 2.45) is 5.41 Å². The lowest BCUT2D eigenvalue weighted by Crippen LogP contribution is -2.51. The van der Waals surface area contributed by atoms with Gasteiger partial charge in [0.15, 0.2) is 5.75 Å². The minimum Gasteiger partial charge on any atom is -0.404 e. The Morgan fingerprint density at radius 2 is 1.80 bits per heavy atom. The van der Waals surface area contributed by atoms with Crippen molar-refractivity contribution in [1.82, 2.24) is 14.5 Å². The monoisotopic (exact) mass is 570 g/mol. The van der Waals surface area contributed by atoms with E-state index < -0.39 is 23.6 Å². The number of carbonyl (C=O) groups is 1. The van der Waals surface area contributed by atoms with Crippen LogP contribution in [0.15, 0.2) is 47.5 Å². The lowest BCUT2D eigenvalue weighted by atomic mass is 9.59. The van der Waals surface area contributed by atoms with Crippen molar-refractivity contribution in [1.29, 1.82) is 0 Å². The van der Waals surface area contributed by atoms with Gasteiger partial charge in [-0.1, -0.05) is 6.07 Å². The van der Waals surface area contributed by atoms with Gasteiger partial charge >= 0.3 is 6.36 Å². The third-order valence-electron chi connectivity index (χ3n) is 8.91. The number of fused-ring (bicyclic) bond motifs is 1. The molecule has 2 aliphatic heterocycles. The summed E-state index contributed by atoms with van der Waals surface area (Å²) in [5, 5.41) is 3.05. The molecule has 1 spiro atoms. The Morgan fingerprint density at radius 1 is 1.05 bits per heavy atom. The summed E-state index contributed by atoms with van der Waals surface area (Å²) < 4.78 is 55.9. The van der Waals surface area contributed by atoms with Crippen LogP contribution in [0.2, 0.25) is 0 Å². The lowest BCUT2D eigenvalue weighted by molar-refractivity contribution is -0.274. The van der Waals surface area contributed by atoms with Crippen molar-refractivity contribution < 1.29 is 32.2 Å². The quantitative estimate of drug-likeness (QED) is 0.479. The summed E-state index contributed by atoms with van der Waals surface area (Å²) in [6, 6.07) is 9.38. The van der Waals surface area contributed by atoms with Gasteiger partial charge in [0.2, 0.25) is 5.91 Å². The summed E-state index contributed by atoms with van der Waals surface area (Å²) >= 11 is 0. The number of amides is 1. The highest BCUT2D eigenvalue weighted by Crippen LogP contribution is 2.55. The van der Waals surface area contributed by atoms with Crippen LogP contribution in [0.25, 0.3) is 16.6 Å². The van der Waals surface area contributed by atoms with E-state index in [1.54, 1.807) is 6.07 Å². The van der Waals surface area contributed by atoms with E-state index in [2.05, 4.69) is 15.0 Å². The van der Waals surface area contributed by atoms with Gasteiger partial charge in [0, 0.05) is 18.5 Å². The molecule has 9 nitrogen and oxygen atoms in total. The van der Waals surface area contributed by atoms with Crippen LogP contribution in [0, 0.1) is 5.41 Å². The smallest absolute Gasteiger partial charge is 0.404 e. The van der Waals surface area contributed by atoms with Crippen LogP contribution >= 0.6 is 0 Å². The first-order valence-electron chi connectivity index (χ1n) is 13.8. The molecule has 0 bridgehead atoms. The number of benzene rings is 2. The molecule has 3 heterocycles. The number of hydrogen-bond acceptors (Lipinski definition) is 7. The molecule has 2 saturated heterocycles. The predicted molar refractivity (Wildman–Crippen MR) is 142 cm³/mol. The van der Waals surface area contributed by atoms with E-state index in [-0.39, 0.29) is 16.9 Å². The molecule has 0 unspecified atom stereocenters. The van der Waals surface area contributed by atoms with Crippen molar-refractivity contribution in [3.63, 3.8) is 0 Å². The van der Waals surface area contributed by atoms with Crippen molar-refractivity contribution in [3.8, 4) is 11.4 Å². The zero-order chi connectivity index (χ0) is 28.4. The van der Waals surface area contributed by atoms with Gasteiger partial charge < -0.3 is 19.5 Å². The molecule has 216 valence electrons. The molecule has 4 aliphatic rings. The Bertz CT molecular complexity index is 1570. The van der Waals surface area contributed by atoms with Gasteiger partial charge in [0.1, 0.15) is 11.9 Å². The second-order valence-corrected chi connectivity index (χ2v) is 11.6. The summed E-state index contributed by atoms with van der Waals surface area (Å²) in [4.78, 5) is 33.3. The van der Waals surface area contributed by atoms with Gasteiger partial charge in [-0.05, 0) is 67.5 Å². The van der Waals surface area contributed by atoms with Gasteiger partial charge in [-0.2, -0.15) is 0 Å². The first-order valence-corrected chi connectivity index (χ1v) is 13.8. The molecule has 3 aromatic rings. The topological polar surface area (TPSA) is 94.9 Å². The Hall–Kier alpha value is -3.48. The predicted octanol–water partition coefficient (Wildman–Crippen LogP) is 3.98. The van der Waals surface area contributed by atoms with Crippen LogP contribution in [-0.4, -0.2) is 71.8 Å². The fraction of sp³-hybridized carbons (Fsp3) is 0.483. The van der Waals surface area contributed by atoms with E-state index in [1.165, 1.54) is 23.0 Å². The van der Waals surface area contributed by atoms with Crippen LogP contribution in [0.4, 0.5) is 18.9 Å². The van der Waals surface area contributed by atoms with E-state index in [9.17, 15) is 22.8 Å². The Morgan fingerprint density at radius 3 is 2.46 bits per heavy atom. The number of aromatic nitrogens is 2. The number of alkyl halides is 3. The number of nitrogens with zero attached hydrogens (tertiary/aromatic N) is 3. The fourth-order valence-electron chi connectivity index (χ4n) is 6.44. The number of carbonyl (C=O) groups excluding carboxylic acids is 1. The molecule has 2 aliphatic carbocycles. The van der Waals surface area contributed by atoms with Gasteiger partial charge in [0.25, 0.3) is 5.56 Å². The van der Waals surface area contributed by atoms with Crippen molar-refractivity contribution in [2.45, 2.75) is 43.5 Å². The SMILES string of the molecule is O=C(Nc1cc(-n2cnc3cc(C4CC5(COC5)C4)ccc3c2=O)ccc1OC(F)(F)F)C1(N2CCOCC2)CC1. The third-order valence-corrected chi connectivity index (χ3v) is 8.91. The first-order chi connectivity index (χ1) is 19.6. The summed E-state index contributed by atoms with van der Waals surface area (Å²) in [5.74, 6) is -0.563.